The molecule has 1 aliphatic heterocycles. The predicted octanol–water partition coefficient (Wildman–Crippen LogP) is 3.29. The van der Waals surface area contributed by atoms with E-state index in [2.05, 4.69) is 4.98 Å². The number of rotatable bonds is 4. The zero-order valence-electron chi connectivity index (χ0n) is 13.3. The molecule has 1 aliphatic carbocycles. The van der Waals surface area contributed by atoms with Crippen molar-refractivity contribution >= 4 is 5.91 Å². The zero-order chi connectivity index (χ0) is 16.5. The molecule has 2 heterocycles. The van der Waals surface area contributed by atoms with Gasteiger partial charge in [0.1, 0.15) is 23.9 Å². The maximum absolute atomic E-state index is 13.0. The molecule has 1 saturated heterocycles. The van der Waals surface area contributed by atoms with Crippen molar-refractivity contribution in [3.8, 4) is 5.75 Å². The first-order valence-electron chi connectivity index (χ1n) is 8.34. The molecule has 0 spiro atoms. The molecule has 2 aliphatic rings. The lowest BCUT2D eigenvalue weighted by molar-refractivity contribution is 0.0500. The normalized spacial score (nSPS) is 25.0. The van der Waals surface area contributed by atoms with E-state index in [4.69, 9.17) is 4.74 Å². The third-order valence-electron chi connectivity index (χ3n) is 5.09. The van der Waals surface area contributed by atoms with Gasteiger partial charge in [0.15, 0.2) is 0 Å². The van der Waals surface area contributed by atoms with E-state index >= 15 is 0 Å². The highest BCUT2D eigenvalue weighted by atomic mass is 19.1. The molecule has 5 heteroatoms. The van der Waals surface area contributed by atoms with Crippen LogP contribution in [0.15, 0.2) is 48.7 Å². The minimum absolute atomic E-state index is 0.0180. The van der Waals surface area contributed by atoms with Crippen LogP contribution >= 0.6 is 0 Å². The molecule has 2 aromatic rings. The summed E-state index contributed by atoms with van der Waals surface area (Å²) in [5, 5.41) is 0. The smallest absolute Gasteiger partial charge is 0.273 e. The number of piperidine rings is 1. The Bertz CT molecular complexity index is 720. The highest BCUT2D eigenvalue weighted by Crippen LogP contribution is 2.43. The van der Waals surface area contributed by atoms with Crippen LogP contribution in [0.5, 0.6) is 5.75 Å². The van der Waals surface area contributed by atoms with Crippen LogP contribution in [-0.2, 0) is 0 Å². The molecule has 1 saturated carbocycles. The minimum atomic E-state index is -0.283. The molecule has 0 unspecified atom stereocenters. The SMILES string of the molecule is O=C(c1ccccn1)N1[C@H]2CC[C@H](C2)[C@H]1COc1ccc(F)cc1. The molecule has 124 valence electrons. The molecule has 2 bridgehead atoms. The summed E-state index contributed by atoms with van der Waals surface area (Å²) in [6, 6.07) is 11.7. The molecule has 1 aromatic carbocycles. The Labute approximate surface area is 140 Å². The Balaban J connectivity index is 1.50. The third kappa shape index (κ3) is 2.75. The first-order chi connectivity index (χ1) is 11.7. The second-order valence-electron chi connectivity index (χ2n) is 6.49. The van der Waals surface area contributed by atoms with Crippen molar-refractivity contribution in [2.45, 2.75) is 31.3 Å². The van der Waals surface area contributed by atoms with Crippen LogP contribution in [0.25, 0.3) is 0 Å². The number of pyridine rings is 1. The highest BCUT2D eigenvalue weighted by molar-refractivity contribution is 5.93. The van der Waals surface area contributed by atoms with E-state index in [1.807, 2.05) is 17.0 Å². The Hall–Kier alpha value is -2.43. The van der Waals surface area contributed by atoms with Gasteiger partial charge in [-0.25, -0.2) is 4.39 Å². The van der Waals surface area contributed by atoms with Crippen LogP contribution in [0.1, 0.15) is 29.8 Å². The van der Waals surface area contributed by atoms with Crippen LogP contribution in [0.2, 0.25) is 0 Å². The summed E-state index contributed by atoms with van der Waals surface area (Å²) in [5.74, 6) is 0.803. The van der Waals surface area contributed by atoms with E-state index in [1.54, 1.807) is 24.4 Å². The van der Waals surface area contributed by atoms with Gasteiger partial charge >= 0.3 is 0 Å². The summed E-state index contributed by atoms with van der Waals surface area (Å²) >= 11 is 0. The molecule has 2 fully saturated rings. The van der Waals surface area contributed by atoms with Crippen molar-refractivity contribution in [3.05, 3.63) is 60.2 Å². The lowest BCUT2D eigenvalue weighted by atomic mass is 9.99. The van der Waals surface area contributed by atoms with Crippen molar-refractivity contribution in [2.75, 3.05) is 6.61 Å². The fourth-order valence-corrected chi connectivity index (χ4v) is 3.96. The van der Waals surface area contributed by atoms with Crippen molar-refractivity contribution in [1.29, 1.82) is 0 Å². The number of fused-ring (bicyclic) bond motifs is 2. The number of likely N-dealkylation sites (tertiary alicyclic amines) is 1. The molecular weight excluding hydrogens is 307 g/mol. The Morgan fingerprint density at radius 1 is 1.21 bits per heavy atom. The lowest BCUT2D eigenvalue weighted by Crippen LogP contribution is -2.48. The number of carbonyl (C=O) groups excluding carboxylic acids is 1. The molecule has 1 amide bonds. The summed E-state index contributed by atoms with van der Waals surface area (Å²) in [5.41, 5.74) is 0.483. The third-order valence-corrected chi connectivity index (χ3v) is 5.09. The zero-order valence-corrected chi connectivity index (χ0v) is 13.3. The fraction of sp³-hybridized carbons (Fsp3) is 0.368. The number of ether oxygens (including phenoxy) is 1. The summed E-state index contributed by atoms with van der Waals surface area (Å²) in [4.78, 5) is 19.0. The number of carbonyl (C=O) groups is 1. The molecule has 0 N–H and O–H groups in total. The second-order valence-corrected chi connectivity index (χ2v) is 6.49. The van der Waals surface area contributed by atoms with Crippen molar-refractivity contribution in [2.24, 2.45) is 5.92 Å². The van der Waals surface area contributed by atoms with Gasteiger partial charge in [0.05, 0.1) is 6.04 Å². The average Bonchev–Trinajstić information content (AvgIpc) is 3.23. The maximum Gasteiger partial charge on any atom is 0.273 e. The topological polar surface area (TPSA) is 42.4 Å². The molecular formula is C19H19FN2O2. The lowest BCUT2D eigenvalue weighted by Gasteiger charge is -2.35. The van der Waals surface area contributed by atoms with E-state index < -0.39 is 0 Å². The highest BCUT2D eigenvalue weighted by Gasteiger charge is 2.48. The second kappa shape index (κ2) is 6.23. The Morgan fingerprint density at radius 2 is 2.04 bits per heavy atom. The molecule has 3 atom stereocenters. The number of benzene rings is 1. The van der Waals surface area contributed by atoms with E-state index in [-0.39, 0.29) is 23.8 Å². The summed E-state index contributed by atoms with van der Waals surface area (Å²) in [6.07, 6.45) is 4.87. The number of nitrogens with zero attached hydrogens (tertiary/aromatic N) is 2. The first-order valence-corrected chi connectivity index (χ1v) is 8.34. The van der Waals surface area contributed by atoms with Crippen LogP contribution in [0.4, 0.5) is 4.39 Å². The van der Waals surface area contributed by atoms with Crippen molar-refractivity contribution in [3.63, 3.8) is 0 Å². The van der Waals surface area contributed by atoms with E-state index in [0.717, 1.165) is 19.3 Å². The van der Waals surface area contributed by atoms with Crippen molar-refractivity contribution in [1.82, 2.24) is 9.88 Å². The number of amides is 1. The van der Waals surface area contributed by atoms with Gasteiger partial charge in [-0.1, -0.05) is 6.07 Å². The number of aromatic nitrogens is 1. The van der Waals surface area contributed by atoms with E-state index in [1.165, 1.54) is 12.1 Å². The van der Waals surface area contributed by atoms with Crippen LogP contribution in [0, 0.1) is 11.7 Å². The first kappa shape index (κ1) is 15.1. The van der Waals surface area contributed by atoms with Crippen LogP contribution in [0.3, 0.4) is 0 Å². The van der Waals surface area contributed by atoms with Gasteiger partial charge in [-0.05, 0) is 61.6 Å². The summed E-state index contributed by atoms with van der Waals surface area (Å²) in [6.45, 7) is 0.436. The van der Waals surface area contributed by atoms with Crippen molar-refractivity contribution < 1.29 is 13.9 Å². The molecule has 0 radical (unpaired) electrons. The molecule has 4 rings (SSSR count). The van der Waals surface area contributed by atoms with E-state index in [0.29, 0.717) is 24.0 Å². The molecule has 4 nitrogen and oxygen atoms in total. The van der Waals surface area contributed by atoms with Gasteiger partial charge in [0.25, 0.3) is 5.91 Å². The van der Waals surface area contributed by atoms with Gasteiger partial charge < -0.3 is 9.64 Å². The Kier molecular flexibility index (Phi) is 3.92. The number of hydrogen-bond donors (Lipinski definition) is 0. The van der Waals surface area contributed by atoms with Gasteiger partial charge in [-0.3, -0.25) is 9.78 Å². The van der Waals surface area contributed by atoms with Gasteiger partial charge in [-0.2, -0.15) is 0 Å². The van der Waals surface area contributed by atoms with Gasteiger partial charge in [-0.15, -0.1) is 0 Å². The number of halogens is 1. The van der Waals surface area contributed by atoms with Gasteiger partial charge in [0.2, 0.25) is 0 Å². The predicted molar refractivity (Wildman–Crippen MR) is 87.2 cm³/mol. The Morgan fingerprint density at radius 3 is 2.79 bits per heavy atom. The molecule has 24 heavy (non-hydrogen) atoms. The van der Waals surface area contributed by atoms with E-state index in [9.17, 15) is 9.18 Å². The average molecular weight is 326 g/mol. The fourth-order valence-electron chi connectivity index (χ4n) is 3.96. The standard InChI is InChI=1S/C19H19FN2O2/c20-14-5-8-16(9-6-14)24-12-18-13-4-7-15(11-13)22(18)19(23)17-3-1-2-10-21-17/h1-3,5-6,8-10,13,15,18H,4,7,11-12H2/t13-,15+,18-/m1/s1. The van der Waals surface area contributed by atoms with Crippen LogP contribution in [-0.4, -0.2) is 34.5 Å². The monoisotopic (exact) mass is 326 g/mol. The molecule has 1 aromatic heterocycles. The van der Waals surface area contributed by atoms with Crippen LogP contribution < -0.4 is 4.74 Å². The maximum atomic E-state index is 13.0. The quantitative estimate of drug-likeness (QED) is 0.866. The summed E-state index contributed by atoms with van der Waals surface area (Å²) < 4.78 is 18.8. The number of hydrogen-bond acceptors (Lipinski definition) is 3. The summed E-state index contributed by atoms with van der Waals surface area (Å²) in [7, 11) is 0. The minimum Gasteiger partial charge on any atom is -0.491 e. The largest absolute Gasteiger partial charge is 0.491 e. The van der Waals surface area contributed by atoms with Gasteiger partial charge in [0, 0.05) is 12.2 Å².